The number of aromatic amines is 1. The summed E-state index contributed by atoms with van der Waals surface area (Å²) in [6, 6.07) is 8.48. The monoisotopic (exact) mass is 541 g/mol. The first-order valence-corrected chi connectivity index (χ1v) is 13.3. The van der Waals surface area contributed by atoms with Crippen LogP contribution in [0.15, 0.2) is 48.7 Å². The van der Waals surface area contributed by atoms with Crippen molar-refractivity contribution in [1.29, 1.82) is 0 Å². The number of fused-ring (bicyclic) bond motifs is 1. The van der Waals surface area contributed by atoms with Crippen LogP contribution in [-0.4, -0.2) is 64.0 Å². The fourth-order valence-electron chi connectivity index (χ4n) is 5.94. The quantitative estimate of drug-likeness (QED) is 0.393. The van der Waals surface area contributed by atoms with E-state index in [1.165, 1.54) is 23.8 Å². The number of carbonyl (C=O) groups is 2. The molecule has 2 N–H and O–H groups in total. The van der Waals surface area contributed by atoms with Crippen molar-refractivity contribution >= 4 is 40.5 Å². The van der Waals surface area contributed by atoms with E-state index in [2.05, 4.69) is 9.88 Å². The summed E-state index contributed by atoms with van der Waals surface area (Å²) in [5.41, 5.74) is 2.40. The highest BCUT2D eigenvalue weighted by Crippen LogP contribution is 2.36. The fraction of sp³-hybridized carbons (Fsp3) is 0.379. The van der Waals surface area contributed by atoms with Gasteiger partial charge in [0.15, 0.2) is 0 Å². The molecular weight excluding hydrogens is 512 g/mol. The maximum atomic E-state index is 13.8. The van der Waals surface area contributed by atoms with Gasteiger partial charge in [-0.25, -0.2) is 8.78 Å². The highest BCUT2D eigenvalue weighted by Gasteiger charge is 2.38. The molecule has 2 fully saturated rings. The first-order chi connectivity index (χ1) is 18.3. The molecule has 38 heavy (non-hydrogen) atoms. The Morgan fingerprint density at radius 3 is 2.45 bits per heavy atom. The molecule has 2 saturated heterocycles. The van der Waals surface area contributed by atoms with E-state index in [-0.39, 0.29) is 17.4 Å². The molecule has 1 atom stereocenters. The van der Waals surface area contributed by atoms with Gasteiger partial charge in [0.25, 0.3) is 0 Å². The zero-order valence-electron chi connectivity index (χ0n) is 20.9. The Labute approximate surface area is 224 Å². The molecule has 6 nitrogen and oxygen atoms in total. The lowest BCUT2D eigenvalue weighted by atomic mass is 9.84. The van der Waals surface area contributed by atoms with E-state index in [0.717, 1.165) is 35.9 Å². The van der Waals surface area contributed by atoms with Gasteiger partial charge in [-0.1, -0.05) is 17.7 Å². The van der Waals surface area contributed by atoms with Crippen molar-refractivity contribution in [2.24, 2.45) is 5.92 Å². The average molecular weight is 542 g/mol. The number of benzene rings is 2. The lowest BCUT2D eigenvalue weighted by Crippen LogP contribution is -2.52. The van der Waals surface area contributed by atoms with Crippen molar-refractivity contribution < 1.29 is 23.5 Å². The smallest absolute Gasteiger partial charge is 0.321 e. The summed E-state index contributed by atoms with van der Waals surface area (Å²) in [4.78, 5) is 32.0. The molecule has 0 aliphatic carbocycles. The van der Waals surface area contributed by atoms with Crippen LogP contribution in [0.2, 0.25) is 5.02 Å². The summed E-state index contributed by atoms with van der Waals surface area (Å²) >= 11 is 6.12. The maximum Gasteiger partial charge on any atom is 0.321 e. The van der Waals surface area contributed by atoms with E-state index in [4.69, 9.17) is 11.6 Å². The molecule has 3 aromatic rings. The topological polar surface area (TPSA) is 76.6 Å². The number of rotatable bonds is 6. The van der Waals surface area contributed by atoms with Crippen LogP contribution in [-0.2, 0) is 9.59 Å². The SMILES string of the molecule is O=C(O)C(C1CCN(C(=O)C=Cc2ccc(F)cc2F)CC1)N1CCC(c2c[nH]c3cc(Cl)ccc23)CC1. The number of carboxylic acids is 1. The van der Waals surface area contributed by atoms with Crippen LogP contribution in [0.5, 0.6) is 0 Å². The number of carboxylic acid groups (broad SMARTS) is 1. The molecule has 1 unspecified atom stereocenters. The molecule has 2 aromatic carbocycles. The third kappa shape index (κ3) is 5.61. The molecule has 0 bridgehead atoms. The van der Waals surface area contributed by atoms with Crippen LogP contribution >= 0.6 is 11.6 Å². The second kappa shape index (κ2) is 11.3. The van der Waals surface area contributed by atoms with Gasteiger partial charge in [0.2, 0.25) is 5.91 Å². The van der Waals surface area contributed by atoms with Crippen molar-refractivity contribution in [3.8, 4) is 0 Å². The second-order valence-corrected chi connectivity index (χ2v) is 10.6. The Balaban J connectivity index is 1.17. The number of amides is 1. The van der Waals surface area contributed by atoms with Crippen LogP contribution in [0.25, 0.3) is 17.0 Å². The largest absolute Gasteiger partial charge is 0.480 e. The Kier molecular flexibility index (Phi) is 7.81. The molecule has 0 spiro atoms. The molecule has 2 aliphatic heterocycles. The minimum Gasteiger partial charge on any atom is -0.480 e. The zero-order chi connectivity index (χ0) is 26.8. The predicted molar refractivity (Wildman–Crippen MR) is 143 cm³/mol. The van der Waals surface area contributed by atoms with Crippen molar-refractivity contribution in [3.05, 3.63) is 76.5 Å². The van der Waals surface area contributed by atoms with E-state index < -0.39 is 23.6 Å². The number of nitrogens with zero attached hydrogens (tertiary/aromatic N) is 2. The fourth-order valence-corrected chi connectivity index (χ4v) is 6.11. The summed E-state index contributed by atoms with van der Waals surface area (Å²) in [7, 11) is 0. The second-order valence-electron chi connectivity index (χ2n) is 10.2. The molecule has 0 saturated carbocycles. The summed E-state index contributed by atoms with van der Waals surface area (Å²) in [6.45, 7) is 2.29. The molecule has 5 rings (SSSR count). The number of likely N-dealkylation sites (tertiary alicyclic amines) is 2. The molecule has 3 heterocycles. The lowest BCUT2D eigenvalue weighted by molar-refractivity contribution is -0.147. The number of aliphatic carboxylic acids is 1. The highest BCUT2D eigenvalue weighted by atomic mass is 35.5. The highest BCUT2D eigenvalue weighted by molar-refractivity contribution is 6.31. The van der Waals surface area contributed by atoms with E-state index in [9.17, 15) is 23.5 Å². The molecule has 1 amide bonds. The lowest BCUT2D eigenvalue weighted by Gasteiger charge is -2.41. The van der Waals surface area contributed by atoms with Gasteiger partial charge in [-0.2, -0.15) is 0 Å². The minimum absolute atomic E-state index is 0.0538. The summed E-state index contributed by atoms with van der Waals surface area (Å²) < 4.78 is 26.9. The van der Waals surface area contributed by atoms with E-state index in [1.54, 1.807) is 4.90 Å². The van der Waals surface area contributed by atoms with Crippen molar-refractivity contribution in [3.63, 3.8) is 0 Å². The van der Waals surface area contributed by atoms with Gasteiger partial charge in [0.1, 0.15) is 17.7 Å². The molecule has 0 radical (unpaired) electrons. The van der Waals surface area contributed by atoms with E-state index >= 15 is 0 Å². The van der Waals surface area contributed by atoms with Gasteiger partial charge in [-0.3, -0.25) is 14.5 Å². The molecule has 200 valence electrons. The number of hydrogen-bond donors (Lipinski definition) is 2. The summed E-state index contributed by atoms with van der Waals surface area (Å²) in [6.07, 6.45) is 7.60. The first kappa shape index (κ1) is 26.4. The van der Waals surface area contributed by atoms with Gasteiger partial charge < -0.3 is 15.0 Å². The zero-order valence-corrected chi connectivity index (χ0v) is 21.6. The maximum absolute atomic E-state index is 13.8. The molecular formula is C29H30ClF2N3O3. The molecule has 1 aromatic heterocycles. The van der Waals surface area contributed by atoms with Gasteiger partial charge in [-0.05, 0) is 86.5 Å². The van der Waals surface area contributed by atoms with Gasteiger partial charge >= 0.3 is 5.97 Å². The van der Waals surface area contributed by atoms with Crippen LogP contribution in [0.3, 0.4) is 0 Å². The summed E-state index contributed by atoms with van der Waals surface area (Å²) in [5.74, 6) is -2.18. The number of aromatic nitrogens is 1. The number of hydrogen-bond acceptors (Lipinski definition) is 3. The predicted octanol–water partition coefficient (Wildman–Crippen LogP) is 5.68. The standard InChI is InChI=1S/C29H30ClF2N3O3/c30-21-3-5-23-24(17-33-26(23)15-21)18-7-13-35(14-8-18)28(29(37)38)20-9-11-34(12-10-20)27(36)6-2-19-1-4-22(31)16-25(19)32/h1-6,15-18,20,28,33H,7-14H2,(H,37,38). The minimum atomic E-state index is -0.818. The third-order valence-electron chi connectivity index (χ3n) is 7.96. The van der Waals surface area contributed by atoms with E-state index in [1.807, 2.05) is 24.4 Å². The van der Waals surface area contributed by atoms with Crippen LogP contribution in [0.4, 0.5) is 8.78 Å². The Bertz CT molecular complexity index is 1360. The van der Waals surface area contributed by atoms with Gasteiger partial charge in [0.05, 0.1) is 0 Å². The van der Waals surface area contributed by atoms with Crippen LogP contribution in [0.1, 0.15) is 42.7 Å². The summed E-state index contributed by atoms with van der Waals surface area (Å²) in [5, 5.41) is 12.0. The number of halogens is 3. The molecule has 9 heteroatoms. The van der Waals surface area contributed by atoms with Gasteiger partial charge in [0, 0.05) is 52.9 Å². The third-order valence-corrected chi connectivity index (χ3v) is 8.19. The number of H-pyrrole nitrogens is 1. The van der Waals surface area contributed by atoms with Crippen LogP contribution < -0.4 is 0 Å². The van der Waals surface area contributed by atoms with Crippen molar-refractivity contribution in [2.45, 2.75) is 37.6 Å². The average Bonchev–Trinajstić information content (AvgIpc) is 3.32. The van der Waals surface area contributed by atoms with Crippen molar-refractivity contribution in [2.75, 3.05) is 26.2 Å². The Morgan fingerprint density at radius 1 is 1.03 bits per heavy atom. The van der Waals surface area contributed by atoms with Crippen LogP contribution in [0, 0.1) is 17.6 Å². The number of nitrogens with one attached hydrogen (secondary N) is 1. The number of carbonyl (C=O) groups excluding carboxylic acids is 1. The van der Waals surface area contributed by atoms with Gasteiger partial charge in [-0.15, -0.1) is 0 Å². The Hall–Kier alpha value is -3.23. The number of piperidine rings is 2. The Morgan fingerprint density at radius 2 is 1.76 bits per heavy atom. The normalized spacial score (nSPS) is 18.9. The van der Waals surface area contributed by atoms with Crippen molar-refractivity contribution in [1.82, 2.24) is 14.8 Å². The first-order valence-electron chi connectivity index (χ1n) is 13.0. The molecule has 2 aliphatic rings. The van der Waals surface area contributed by atoms with E-state index in [0.29, 0.717) is 50.0 Å².